The van der Waals surface area contributed by atoms with E-state index in [-0.39, 0.29) is 23.7 Å². The second kappa shape index (κ2) is 8.31. The minimum Gasteiger partial charge on any atom is -0.396 e. The number of hydrogen-bond acceptors (Lipinski definition) is 4. The first-order chi connectivity index (χ1) is 9.93. The summed E-state index contributed by atoms with van der Waals surface area (Å²) in [4.78, 5) is -0.0506. The van der Waals surface area contributed by atoms with Crippen molar-refractivity contribution in [3.05, 3.63) is 24.0 Å². The molecule has 0 aliphatic carbocycles. The van der Waals surface area contributed by atoms with E-state index in [0.29, 0.717) is 6.54 Å². The number of hydrogen-bond donors (Lipinski definition) is 2. The summed E-state index contributed by atoms with van der Waals surface area (Å²) < 4.78 is 39.3. The first-order valence-electron chi connectivity index (χ1n) is 7.09. The van der Waals surface area contributed by atoms with Crippen LogP contribution in [0.2, 0.25) is 0 Å². The van der Waals surface area contributed by atoms with E-state index in [0.717, 1.165) is 37.8 Å². The molecule has 1 rings (SSSR count). The van der Waals surface area contributed by atoms with E-state index in [4.69, 9.17) is 10.8 Å². The fourth-order valence-electron chi connectivity index (χ4n) is 2.01. The van der Waals surface area contributed by atoms with E-state index in [1.807, 2.05) is 0 Å². The third-order valence-electron chi connectivity index (χ3n) is 3.22. The number of unbranched alkanes of at least 4 members (excludes halogenated alkanes) is 3. The average molecular weight is 318 g/mol. The lowest BCUT2D eigenvalue weighted by atomic mass is 10.2. The van der Waals surface area contributed by atoms with Crippen LogP contribution in [0, 0.1) is 5.82 Å². The molecule has 0 radical (unpaired) electrons. The summed E-state index contributed by atoms with van der Waals surface area (Å²) in [6.45, 7) is 2.17. The van der Waals surface area contributed by atoms with Gasteiger partial charge in [-0.1, -0.05) is 26.2 Å². The molecule has 0 spiro atoms. The van der Waals surface area contributed by atoms with Crippen molar-refractivity contribution in [2.24, 2.45) is 0 Å². The van der Waals surface area contributed by atoms with Gasteiger partial charge in [0.2, 0.25) is 10.0 Å². The van der Waals surface area contributed by atoms with Gasteiger partial charge in [-0.15, -0.1) is 0 Å². The predicted molar refractivity (Wildman–Crippen MR) is 80.8 cm³/mol. The van der Waals surface area contributed by atoms with Gasteiger partial charge in [0, 0.05) is 13.1 Å². The van der Waals surface area contributed by atoms with E-state index >= 15 is 0 Å². The van der Waals surface area contributed by atoms with Crippen molar-refractivity contribution in [2.75, 3.05) is 25.4 Å². The molecule has 0 saturated carbocycles. The minimum atomic E-state index is -3.76. The van der Waals surface area contributed by atoms with Crippen LogP contribution in [-0.2, 0) is 10.0 Å². The zero-order valence-electron chi connectivity index (χ0n) is 12.3. The molecule has 0 heterocycles. The Balaban J connectivity index is 2.90. The number of sulfonamides is 1. The number of nitrogens with zero attached hydrogens (tertiary/aromatic N) is 1. The van der Waals surface area contributed by atoms with Crippen molar-refractivity contribution in [2.45, 2.75) is 37.5 Å². The summed E-state index contributed by atoms with van der Waals surface area (Å²) in [6.07, 6.45) is 3.75. The maximum Gasteiger partial charge on any atom is 0.243 e. The second-order valence-corrected chi connectivity index (χ2v) is 6.81. The monoisotopic (exact) mass is 318 g/mol. The maximum atomic E-state index is 13.2. The Morgan fingerprint density at radius 1 is 1.24 bits per heavy atom. The normalized spacial score (nSPS) is 12.0. The predicted octanol–water partition coefficient (Wildman–Crippen LogP) is 1.97. The van der Waals surface area contributed by atoms with Crippen LogP contribution in [0.1, 0.15) is 32.6 Å². The largest absolute Gasteiger partial charge is 0.396 e. The summed E-state index contributed by atoms with van der Waals surface area (Å²) >= 11 is 0. The van der Waals surface area contributed by atoms with Gasteiger partial charge >= 0.3 is 0 Å². The highest BCUT2D eigenvalue weighted by atomic mass is 32.2. The van der Waals surface area contributed by atoms with Crippen molar-refractivity contribution in [3.8, 4) is 0 Å². The van der Waals surface area contributed by atoms with Gasteiger partial charge in [-0.05, 0) is 24.6 Å². The topological polar surface area (TPSA) is 83.6 Å². The second-order valence-electron chi connectivity index (χ2n) is 4.87. The quantitative estimate of drug-likeness (QED) is 0.538. The number of rotatable bonds is 9. The molecule has 0 aliphatic rings. The molecule has 1 aromatic carbocycles. The molecule has 0 bridgehead atoms. The standard InChI is InChI=1S/C14H23FN2O3S/c1-2-3-4-5-8-17(9-10-18)21(19,20)12-6-7-13(15)14(16)11-12/h6-7,11,18H,2-5,8-10,16H2,1H3. The van der Waals surface area contributed by atoms with Crippen LogP contribution in [-0.4, -0.2) is 37.5 Å². The summed E-state index contributed by atoms with van der Waals surface area (Å²) in [5.41, 5.74) is 5.22. The van der Waals surface area contributed by atoms with Gasteiger partial charge in [-0.25, -0.2) is 12.8 Å². The van der Waals surface area contributed by atoms with Crippen LogP contribution in [0.3, 0.4) is 0 Å². The summed E-state index contributed by atoms with van der Waals surface area (Å²) in [5, 5.41) is 9.06. The Hall–Kier alpha value is -1.18. The van der Waals surface area contributed by atoms with Crippen LogP contribution in [0.5, 0.6) is 0 Å². The SMILES string of the molecule is CCCCCCN(CCO)S(=O)(=O)c1ccc(F)c(N)c1. The van der Waals surface area contributed by atoms with Crippen LogP contribution >= 0.6 is 0 Å². The molecule has 0 atom stereocenters. The number of halogens is 1. The summed E-state index contributed by atoms with van der Waals surface area (Å²) in [7, 11) is -3.76. The highest BCUT2D eigenvalue weighted by molar-refractivity contribution is 7.89. The van der Waals surface area contributed by atoms with Crippen molar-refractivity contribution >= 4 is 15.7 Å². The number of benzene rings is 1. The van der Waals surface area contributed by atoms with Gasteiger partial charge in [0.05, 0.1) is 17.2 Å². The van der Waals surface area contributed by atoms with E-state index in [2.05, 4.69) is 6.92 Å². The zero-order chi connectivity index (χ0) is 15.9. The Kier molecular flexibility index (Phi) is 7.07. The van der Waals surface area contributed by atoms with Crippen molar-refractivity contribution in [3.63, 3.8) is 0 Å². The molecule has 21 heavy (non-hydrogen) atoms. The molecule has 1 aromatic rings. The molecule has 0 amide bonds. The molecule has 3 N–H and O–H groups in total. The fraction of sp³-hybridized carbons (Fsp3) is 0.571. The van der Waals surface area contributed by atoms with E-state index in [1.165, 1.54) is 10.4 Å². The molecule has 0 fully saturated rings. The highest BCUT2D eigenvalue weighted by Gasteiger charge is 2.24. The van der Waals surface area contributed by atoms with Gasteiger partial charge in [0.1, 0.15) is 5.82 Å². The average Bonchev–Trinajstić information content (AvgIpc) is 2.45. The summed E-state index contributed by atoms with van der Waals surface area (Å²) in [5.74, 6) is -0.648. The van der Waals surface area contributed by atoms with Crippen LogP contribution in [0.15, 0.2) is 23.1 Å². The maximum absolute atomic E-state index is 13.2. The molecular weight excluding hydrogens is 295 g/mol. The van der Waals surface area contributed by atoms with Crippen molar-refractivity contribution in [1.29, 1.82) is 0 Å². The van der Waals surface area contributed by atoms with Gasteiger partial charge in [-0.2, -0.15) is 4.31 Å². The van der Waals surface area contributed by atoms with E-state index in [1.54, 1.807) is 0 Å². The molecule has 0 aliphatic heterocycles. The number of aliphatic hydroxyl groups is 1. The van der Waals surface area contributed by atoms with Crippen LogP contribution in [0.25, 0.3) is 0 Å². The number of nitrogens with two attached hydrogens (primary N) is 1. The van der Waals surface area contributed by atoms with Gasteiger partial charge in [0.25, 0.3) is 0 Å². The van der Waals surface area contributed by atoms with Crippen molar-refractivity contribution in [1.82, 2.24) is 4.31 Å². The molecule has 7 heteroatoms. The molecule has 0 unspecified atom stereocenters. The third kappa shape index (κ3) is 4.94. The van der Waals surface area contributed by atoms with E-state index in [9.17, 15) is 12.8 Å². The lowest BCUT2D eigenvalue weighted by molar-refractivity contribution is 0.251. The lowest BCUT2D eigenvalue weighted by Gasteiger charge is -2.21. The number of anilines is 1. The first-order valence-corrected chi connectivity index (χ1v) is 8.53. The molecule has 0 saturated heterocycles. The first kappa shape index (κ1) is 17.9. The van der Waals surface area contributed by atoms with Gasteiger partial charge < -0.3 is 10.8 Å². The smallest absolute Gasteiger partial charge is 0.243 e. The molecule has 120 valence electrons. The third-order valence-corrected chi connectivity index (χ3v) is 5.11. The Labute approximate surface area is 125 Å². The van der Waals surface area contributed by atoms with Gasteiger partial charge in [0.15, 0.2) is 0 Å². The number of aliphatic hydroxyl groups excluding tert-OH is 1. The fourth-order valence-corrected chi connectivity index (χ4v) is 3.52. The Bertz CT molecular complexity index is 549. The molecule has 5 nitrogen and oxygen atoms in total. The minimum absolute atomic E-state index is 0.0196. The zero-order valence-corrected chi connectivity index (χ0v) is 13.1. The highest BCUT2D eigenvalue weighted by Crippen LogP contribution is 2.21. The lowest BCUT2D eigenvalue weighted by Crippen LogP contribution is -2.34. The van der Waals surface area contributed by atoms with Crippen LogP contribution < -0.4 is 5.73 Å². The van der Waals surface area contributed by atoms with Gasteiger partial charge in [-0.3, -0.25) is 0 Å². The molecular formula is C14H23FN2O3S. The van der Waals surface area contributed by atoms with Crippen molar-refractivity contribution < 1.29 is 17.9 Å². The van der Waals surface area contributed by atoms with E-state index < -0.39 is 15.8 Å². The Morgan fingerprint density at radius 2 is 1.95 bits per heavy atom. The van der Waals surface area contributed by atoms with Crippen LogP contribution in [0.4, 0.5) is 10.1 Å². The number of nitrogen functional groups attached to an aromatic ring is 1. The Morgan fingerprint density at radius 3 is 2.52 bits per heavy atom. The summed E-state index contributed by atoms with van der Waals surface area (Å²) in [6, 6.07) is 3.34. The molecule has 0 aromatic heterocycles.